The SMILES string of the molecule is CC(=O)c1cccc(S(=O)(=O)N2CCC(C(=O)O[C@H](C)C#N)CC2)c1. The van der Waals surface area contributed by atoms with Crippen LogP contribution in [0, 0.1) is 17.2 Å². The summed E-state index contributed by atoms with van der Waals surface area (Å²) in [4.78, 5) is 23.5. The van der Waals surface area contributed by atoms with Gasteiger partial charge in [0.1, 0.15) is 6.07 Å². The summed E-state index contributed by atoms with van der Waals surface area (Å²) in [6, 6.07) is 7.76. The Hall–Kier alpha value is -2.24. The van der Waals surface area contributed by atoms with Crippen LogP contribution in [0.15, 0.2) is 29.2 Å². The lowest BCUT2D eigenvalue weighted by Crippen LogP contribution is -2.41. The van der Waals surface area contributed by atoms with Crippen molar-refractivity contribution in [1.82, 2.24) is 4.31 Å². The molecule has 1 heterocycles. The minimum absolute atomic E-state index is 0.0688. The van der Waals surface area contributed by atoms with E-state index in [-0.39, 0.29) is 23.8 Å². The lowest BCUT2D eigenvalue weighted by Gasteiger charge is -2.30. The minimum atomic E-state index is -3.72. The van der Waals surface area contributed by atoms with E-state index < -0.39 is 28.0 Å². The second-order valence-electron chi connectivity index (χ2n) is 5.97. The molecule has 0 radical (unpaired) electrons. The second-order valence-corrected chi connectivity index (χ2v) is 7.91. The van der Waals surface area contributed by atoms with Gasteiger partial charge in [0, 0.05) is 18.7 Å². The smallest absolute Gasteiger partial charge is 0.310 e. The first-order valence-electron chi connectivity index (χ1n) is 7.97. The standard InChI is InChI=1S/C17H20N2O5S/c1-12(11-18)24-17(21)14-6-8-19(9-7-14)25(22,23)16-5-3-4-15(10-16)13(2)20/h3-5,10,12,14H,6-9H2,1-2H3/t12-/m1/s1. The summed E-state index contributed by atoms with van der Waals surface area (Å²) in [6.45, 7) is 3.24. The van der Waals surface area contributed by atoms with Gasteiger partial charge in [-0.1, -0.05) is 12.1 Å². The predicted molar refractivity (Wildman–Crippen MR) is 89.1 cm³/mol. The van der Waals surface area contributed by atoms with E-state index in [0.29, 0.717) is 18.4 Å². The molecule has 0 saturated carbocycles. The molecule has 7 nitrogen and oxygen atoms in total. The Bertz CT molecular complexity index is 805. The molecule has 8 heteroatoms. The molecule has 0 amide bonds. The number of esters is 1. The largest absolute Gasteiger partial charge is 0.447 e. The van der Waals surface area contributed by atoms with E-state index in [1.165, 1.54) is 36.4 Å². The van der Waals surface area contributed by atoms with Crippen molar-refractivity contribution in [2.24, 2.45) is 5.92 Å². The van der Waals surface area contributed by atoms with Gasteiger partial charge in [0.15, 0.2) is 11.9 Å². The van der Waals surface area contributed by atoms with Gasteiger partial charge in [-0.15, -0.1) is 0 Å². The average molecular weight is 364 g/mol. The van der Waals surface area contributed by atoms with Gasteiger partial charge in [-0.05, 0) is 38.8 Å². The van der Waals surface area contributed by atoms with Crippen LogP contribution in [0.25, 0.3) is 0 Å². The third-order valence-corrected chi connectivity index (χ3v) is 6.03. The van der Waals surface area contributed by atoms with Gasteiger partial charge in [0.05, 0.1) is 10.8 Å². The van der Waals surface area contributed by atoms with Gasteiger partial charge in [-0.25, -0.2) is 8.42 Å². The van der Waals surface area contributed by atoms with Gasteiger partial charge >= 0.3 is 5.97 Å². The number of sulfonamides is 1. The van der Waals surface area contributed by atoms with E-state index in [0.717, 1.165) is 0 Å². The first-order chi connectivity index (χ1) is 11.8. The van der Waals surface area contributed by atoms with Gasteiger partial charge in [-0.3, -0.25) is 9.59 Å². The molecular weight excluding hydrogens is 344 g/mol. The van der Waals surface area contributed by atoms with Gasteiger partial charge < -0.3 is 4.74 Å². The number of rotatable bonds is 5. The number of nitriles is 1. The van der Waals surface area contributed by atoms with Gasteiger partial charge in [0.25, 0.3) is 0 Å². The van der Waals surface area contributed by atoms with Crippen LogP contribution in [0.1, 0.15) is 37.0 Å². The van der Waals surface area contributed by atoms with E-state index in [4.69, 9.17) is 10.00 Å². The second kappa shape index (κ2) is 7.76. The summed E-state index contributed by atoms with van der Waals surface area (Å²) >= 11 is 0. The molecule has 0 bridgehead atoms. The van der Waals surface area contributed by atoms with E-state index in [1.54, 1.807) is 6.07 Å². The molecule has 1 aliphatic heterocycles. The topological polar surface area (TPSA) is 105 Å². The summed E-state index contributed by atoms with van der Waals surface area (Å²) in [5.41, 5.74) is 0.338. The number of nitrogens with zero attached hydrogens (tertiary/aromatic N) is 2. The fourth-order valence-electron chi connectivity index (χ4n) is 2.65. The van der Waals surface area contributed by atoms with Crippen molar-refractivity contribution in [2.75, 3.05) is 13.1 Å². The van der Waals surface area contributed by atoms with Crippen LogP contribution in [0.5, 0.6) is 0 Å². The zero-order valence-electron chi connectivity index (χ0n) is 14.1. The summed E-state index contributed by atoms with van der Waals surface area (Å²) < 4.78 is 31.7. The molecule has 1 atom stereocenters. The van der Waals surface area contributed by atoms with Crippen LogP contribution in [0.2, 0.25) is 0 Å². The van der Waals surface area contributed by atoms with Crippen molar-refractivity contribution in [1.29, 1.82) is 5.26 Å². The monoisotopic (exact) mass is 364 g/mol. The zero-order valence-corrected chi connectivity index (χ0v) is 15.0. The maximum Gasteiger partial charge on any atom is 0.310 e. The van der Waals surface area contributed by atoms with Crippen molar-refractivity contribution in [3.05, 3.63) is 29.8 Å². The van der Waals surface area contributed by atoms with E-state index in [9.17, 15) is 18.0 Å². The highest BCUT2D eigenvalue weighted by Gasteiger charge is 2.33. The molecule has 1 fully saturated rings. The van der Waals surface area contributed by atoms with Crippen LogP contribution in [-0.2, 0) is 19.6 Å². The number of ketones is 1. The Kier molecular flexibility index (Phi) is 5.93. The van der Waals surface area contributed by atoms with Crippen LogP contribution in [-0.4, -0.2) is 43.7 Å². The summed E-state index contributed by atoms with van der Waals surface area (Å²) in [6.07, 6.45) is -0.144. The highest BCUT2D eigenvalue weighted by atomic mass is 32.2. The summed E-state index contributed by atoms with van der Waals surface area (Å²) in [5, 5.41) is 8.68. The van der Waals surface area contributed by atoms with Gasteiger partial charge in [0.2, 0.25) is 10.0 Å². The third-order valence-electron chi connectivity index (χ3n) is 4.14. The molecule has 0 unspecified atom stereocenters. The normalized spacial score (nSPS) is 17.5. The summed E-state index contributed by atoms with van der Waals surface area (Å²) in [5.74, 6) is -1.08. The van der Waals surface area contributed by atoms with Crippen LogP contribution < -0.4 is 0 Å². The highest BCUT2D eigenvalue weighted by Crippen LogP contribution is 2.25. The molecule has 0 aromatic heterocycles. The Morgan fingerprint density at radius 2 is 1.96 bits per heavy atom. The van der Waals surface area contributed by atoms with Crippen molar-refractivity contribution in [3.8, 4) is 6.07 Å². The average Bonchev–Trinajstić information content (AvgIpc) is 2.61. The van der Waals surface area contributed by atoms with Gasteiger partial charge in [-0.2, -0.15) is 9.57 Å². The van der Waals surface area contributed by atoms with E-state index in [2.05, 4.69) is 0 Å². The number of Topliss-reactive ketones (excluding diaryl/α,β-unsaturated/α-hetero) is 1. The van der Waals surface area contributed by atoms with Crippen molar-refractivity contribution in [2.45, 2.75) is 37.7 Å². The number of piperidine rings is 1. The molecule has 2 rings (SSSR count). The molecule has 0 aliphatic carbocycles. The van der Waals surface area contributed by atoms with E-state index >= 15 is 0 Å². The number of hydrogen-bond donors (Lipinski definition) is 0. The van der Waals surface area contributed by atoms with Crippen molar-refractivity contribution in [3.63, 3.8) is 0 Å². The molecule has 134 valence electrons. The van der Waals surface area contributed by atoms with E-state index in [1.807, 2.05) is 6.07 Å². The zero-order chi connectivity index (χ0) is 18.6. The Balaban J connectivity index is 2.07. The lowest BCUT2D eigenvalue weighted by atomic mass is 9.98. The maximum absolute atomic E-state index is 12.7. The number of hydrogen-bond acceptors (Lipinski definition) is 6. The van der Waals surface area contributed by atoms with Crippen LogP contribution >= 0.6 is 0 Å². The van der Waals surface area contributed by atoms with Crippen LogP contribution in [0.3, 0.4) is 0 Å². The molecule has 0 spiro atoms. The highest BCUT2D eigenvalue weighted by molar-refractivity contribution is 7.89. The molecular formula is C17H20N2O5S. The molecule has 25 heavy (non-hydrogen) atoms. The lowest BCUT2D eigenvalue weighted by molar-refractivity contribution is -0.152. The Morgan fingerprint density at radius 1 is 1.32 bits per heavy atom. The maximum atomic E-state index is 12.7. The number of carbonyl (C=O) groups is 2. The molecule has 1 aromatic rings. The number of carbonyl (C=O) groups excluding carboxylic acids is 2. The Morgan fingerprint density at radius 3 is 2.52 bits per heavy atom. The summed E-state index contributed by atoms with van der Waals surface area (Å²) in [7, 11) is -3.72. The Labute approximate surface area is 147 Å². The fourth-order valence-corrected chi connectivity index (χ4v) is 4.17. The first kappa shape index (κ1) is 19.1. The number of benzene rings is 1. The molecule has 1 saturated heterocycles. The van der Waals surface area contributed by atoms with Crippen molar-refractivity contribution >= 4 is 21.8 Å². The molecule has 0 N–H and O–H groups in total. The van der Waals surface area contributed by atoms with Crippen molar-refractivity contribution < 1.29 is 22.7 Å². The molecule has 1 aliphatic rings. The predicted octanol–water partition coefficient (Wildman–Crippen LogP) is 1.75. The third kappa shape index (κ3) is 4.44. The van der Waals surface area contributed by atoms with Crippen LogP contribution in [0.4, 0.5) is 0 Å². The number of ether oxygens (including phenoxy) is 1. The minimum Gasteiger partial charge on any atom is -0.447 e. The molecule has 1 aromatic carbocycles. The quantitative estimate of drug-likeness (QED) is 0.582. The first-order valence-corrected chi connectivity index (χ1v) is 9.41. The fraction of sp³-hybridized carbons (Fsp3) is 0.471.